The summed E-state index contributed by atoms with van der Waals surface area (Å²) in [6.07, 6.45) is 2.50. The van der Waals surface area contributed by atoms with Crippen LogP contribution in [0.4, 0.5) is 0 Å². The monoisotopic (exact) mass is 302 g/mol. The Morgan fingerprint density at radius 1 is 1.47 bits per heavy atom. The molecule has 5 heteroatoms. The van der Waals surface area contributed by atoms with Crippen LogP contribution in [-0.2, 0) is 11.3 Å². The summed E-state index contributed by atoms with van der Waals surface area (Å²) in [5.41, 5.74) is 6.35. The Balaban J connectivity index is 2.57. The van der Waals surface area contributed by atoms with Gasteiger partial charge in [-0.25, -0.2) is 4.98 Å². The maximum atomic E-state index is 5.64. The Morgan fingerprint density at radius 2 is 2.18 bits per heavy atom. The standard InChI is InChI=1S/C12H19BrN2O2/c1-12(2,16-3)4-5-17-11-9(7-14)6-10(13)8-15-11/h6,8H,4-5,7,14H2,1-3H3. The molecule has 0 aliphatic rings. The summed E-state index contributed by atoms with van der Waals surface area (Å²) in [7, 11) is 1.70. The zero-order valence-corrected chi connectivity index (χ0v) is 12.1. The smallest absolute Gasteiger partial charge is 0.217 e. The average molecular weight is 303 g/mol. The second-order valence-corrected chi connectivity index (χ2v) is 5.30. The van der Waals surface area contributed by atoms with Crippen LogP contribution in [0.1, 0.15) is 25.8 Å². The maximum absolute atomic E-state index is 5.64. The third-order valence-electron chi connectivity index (χ3n) is 2.61. The molecular weight excluding hydrogens is 284 g/mol. The van der Waals surface area contributed by atoms with Crippen LogP contribution in [0, 0.1) is 0 Å². The summed E-state index contributed by atoms with van der Waals surface area (Å²) in [5.74, 6) is 0.600. The van der Waals surface area contributed by atoms with Gasteiger partial charge in [-0.15, -0.1) is 0 Å². The van der Waals surface area contributed by atoms with Gasteiger partial charge >= 0.3 is 0 Å². The van der Waals surface area contributed by atoms with E-state index in [1.807, 2.05) is 19.9 Å². The molecule has 0 aliphatic carbocycles. The molecule has 0 atom stereocenters. The fraction of sp³-hybridized carbons (Fsp3) is 0.583. The second-order valence-electron chi connectivity index (χ2n) is 4.38. The Morgan fingerprint density at radius 3 is 2.76 bits per heavy atom. The van der Waals surface area contributed by atoms with E-state index in [2.05, 4.69) is 20.9 Å². The Labute approximate surface area is 111 Å². The SMILES string of the molecule is COC(C)(C)CCOc1ncc(Br)cc1CN. The van der Waals surface area contributed by atoms with E-state index in [4.69, 9.17) is 15.2 Å². The zero-order valence-electron chi connectivity index (χ0n) is 10.5. The number of methoxy groups -OCH3 is 1. The van der Waals surface area contributed by atoms with Gasteiger partial charge in [-0.2, -0.15) is 0 Å². The van der Waals surface area contributed by atoms with Crippen molar-refractivity contribution in [2.24, 2.45) is 5.73 Å². The van der Waals surface area contributed by atoms with Crippen LogP contribution >= 0.6 is 15.9 Å². The maximum Gasteiger partial charge on any atom is 0.217 e. The lowest BCUT2D eigenvalue weighted by molar-refractivity contribution is 0.00500. The number of nitrogens with zero attached hydrogens (tertiary/aromatic N) is 1. The van der Waals surface area contributed by atoms with Crippen molar-refractivity contribution in [3.63, 3.8) is 0 Å². The highest BCUT2D eigenvalue weighted by molar-refractivity contribution is 9.10. The lowest BCUT2D eigenvalue weighted by Gasteiger charge is -2.22. The third-order valence-corrected chi connectivity index (χ3v) is 3.04. The van der Waals surface area contributed by atoms with Gasteiger partial charge in [-0.3, -0.25) is 0 Å². The van der Waals surface area contributed by atoms with Gasteiger partial charge in [0.1, 0.15) is 0 Å². The topological polar surface area (TPSA) is 57.4 Å². The molecule has 4 nitrogen and oxygen atoms in total. The zero-order chi connectivity index (χ0) is 12.9. The van der Waals surface area contributed by atoms with Crippen molar-refractivity contribution >= 4 is 15.9 Å². The van der Waals surface area contributed by atoms with Crippen LogP contribution in [0.3, 0.4) is 0 Å². The summed E-state index contributed by atoms with van der Waals surface area (Å²) in [5, 5.41) is 0. The van der Waals surface area contributed by atoms with E-state index in [-0.39, 0.29) is 5.60 Å². The number of hydrogen-bond acceptors (Lipinski definition) is 4. The minimum atomic E-state index is -0.182. The lowest BCUT2D eigenvalue weighted by atomic mass is 10.1. The van der Waals surface area contributed by atoms with E-state index < -0.39 is 0 Å². The van der Waals surface area contributed by atoms with E-state index in [0.717, 1.165) is 16.5 Å². The minimum Gasteiger partial charge on any atom is -0.477 e. The van der Waals surface area contributed by atoms with E-state index >= 15 is 0 Å². The molecule has 0 fully saturated rings. The van der Waals surface area contributed by atoms with Gasteiger partial charge in [-0.1, -0.05) is 0 Å². The van der Waals surface area contributed by atoms with Gasteiger partial charge in [0.15, 0.2) is 0 Å². The third kappa shape index (κ3) is 4.61. The number of pyridine rings is 1. The molecule has 1 heterocycles. The first-order chi connectivity index (χ1) is 7.98. The van der Waals surface area contributed by atoms with Crippen LogP contribution in [0.5, 0.6) is 5.88 Å². The van der Waals surface area contributed by atoms with Gasteiger partial charge < -0.3 is 15.2 Å². The van der Waals surface area contributed by atoms with E-state index in [9.17, 15) is 0 Å². The number of ether oxygens (including phenoxy) is 2. The summed E-state index contributed by atoms with van der Waals surface area (Å²) < 4.78 is 11.9. The molecule has 0 radical (unpaired) electrons. The second kappa shape index (κ2) is 6.33. The molecule has 1 aromatic rings. The summed E-state index contributed by atoms with van der Waals surface area (Å²) in [6, 6.07) is 1.92. The van der Waals surface area contributed by atoms with Crippen molar-refractivity contribution in [2.75, 3.05) is 13.7 Å². The number of halogens is 1. The van der Waals surface area contributed by atoms with Crippen LogP contribution < -0.4 is 10.5 Å². The minimum absolute atomic E-state index is 0.182. The Kier molecular flexibility index (Phi) is 5.36. The first-order valence-corrected chi connectivity index (χ1v) is 6.30. The molecule has 0 amide bonds. The van der Waals surface area contributed by atoms with Crippen LogP contribution in [0.15, 0.2) is 16.7 Å². The van der Waals surface area contributed by atoms with E-state index in [0.29, 0.717) is 19.0 Å². The summed E-state index contributed by atoms with van der Waals surface area (Å²) in [4.78, 5) is 4.20. The number of hydrogen-bond donors (Lipinski definition) is 1. The highest BCUT2D eigenvalue weighted by atomic mass is 79.9. The fourth-order valence-electron chi connectivity index (χ4n) is 1.24. The number of nitrogens with two attached hydrogens (primary N) is 1. The Hall–Kier alpha value is -0.650. The molecule has 0 bridgehead atoms. The van der Waals surface area contributed by atoms with Crippen LogP contribution in [0.2, 0.25) is 0 Å². The van der Waals surface area contributed by atoms with Gasteiger partial charge in [0.05, 0.1) is 12.2 Å². The molecule has 17 heavy (non-hydrogen) atoms. The van der Waals surface area contributed by atoms with Crippen molar-refractivity contribution in [3.8, 4) is 5.88 Å². The van der Waals surface area contributed by atoms with Crippen molar-refractivity contribution in [2.45, 2.75) is 32.4 Å². The molecule has 0 saturated carbocycles. The van der Waals surface area contributed by atoms with Gasteiger partial charge in [0.2, 0.25) is 5.88 Å². The van der Waals surface area contributed by atoms with Crippen molar-refractivity contribution in [3.05, 3.63) is 22.3 Å². The van der Waals surface area contributed by atoms with Crippen LogP contribution in [0.25, 0.3) is 0 Å². The van der Waals surface area contributed by atoms with Crippen LogP contribution in [-0.4, -0.2) is 24.3 Å². The van der Waals surface area contributed by atoms with Crippen molar-refractivity contribution in [1.82, 2.24) is 4.98 Å². The predicted molar refractivity (Wildman–Crippen MR) is 71.0 cm³/mol. The molecule has 0 unspecified atom stereocenters. The average Bonchev–Trinajstić information content (AvgIpc) is 2.30. The van der Waals surface area contributed by atoms with Gasteiger partial charge in [0.25, 0.3) is 0 Å². The largest absolute Gasteiger partial charge is 0.477 e. The van der Waals surface area contributed by atoms with Gasteiger partial charge in [-0.05, 0) is 35.8 Å². The summed E-state index contributed by atoms with van der Waals surface area (Å²) in [6.45, 7) is 5.02. The van der Waals surface area contributed by atoms with E-state index in [1.54, 1.807) is 13.3 Å². The highest BCUT2D eigenvalue weighted by Crippen LogP contribution is 2.20. The van der Waals surface area contributed by atoms with Crippen molar-refractivity contribution < 1.29 is 9.47 Å². The molecule has 1 aromatic heterocycles. The fourth-order valence-corrected chi connectivity index (χ4v) is 1.62. The molecule has 0 spiro atoms. The molecule has 0 aliphatic heterocycles. The molecule has 96 valence electrons. The Bertz CT molecular complexity index is 370. The normalized spacial score (nSPS) is 11.6. The first kappa shape index (κ1) is 14.4. The molecule has 0 saturated heterocycles. The first-order valence-electron chi connectivity index (χ1n) is 5.51. The lowest BCUT2D eigenvalue weighted by Crippen LogP contribution is -2.25. The predicted octanol–water partition coefficient (Wildman–Crippen LogP) is 2.50. The molecular formula is C12H19BrN2O2. The van der Waals surface area contributed by atoms with E-state index in [1.165, 1.54) is 0 Å². The molecule has 0 aromatic carbocycles. The number of aromatic nitrogens is 1. The highest BCUT2D eigenvalue weighted by Gasteiger charge is 2.16. The molecule has 1 rings (SSSR count). The van der Waals surface area contributed by atoms with Crippen molar-refractivity contribution in [1.29, 1.82) is 0 Å². The molecule has 2 N–H and O–H groups in total. The quantitative estimate of drug-likeness (QED) is 0.877. The summed E-state index contributed by atoms with van der Waals surface area (Å²) >= 11 is 3.35. The van der Waals surface area contributed by atoms with Gasteiger partial charge in [0, 0.05) is 36.3 Å². The number of rotatable bonds is 6.